The normalized spacial score (nSPS) is 12.2. The van der Waals surface area contributed by atoms with Gasteiger partial charge < -0.3 is 21.5 Å². The molecule has 0 bridgehead atoms. The largest absolute Gasteiger partial charge is 0.457 e. The number of ether oxygens (including phenoxy) is 1. The maximum absolute atomic E-state index is 13.3. The fraction of sp³-hybridized carbons (Fsp3) is 0.208. The van der Waals surface area contributed by atoms with E-state index in [-0.39, 0.29) is 17.0 Å². The number of hydrogen-bond acceptors (Lipinski definition) is 5. The molecule has 10 heteroatoms. The monoisotopic (exact) mass is 472 g/mol. The first kappa shape index (κ1) is 24.7. The Morgan fingerprint density at radius 3 is 2.35 bits per heavy atom. The fourth-order valence-electron chi connectivity index (χ4n) is 3.25. The van der Waals surface area contributed by atoms with Gasteiger partial charge in [-0.1, -0.05) is 13.0 Å². The topological polar surface area (TPSA) is 120 Å². The molecule has 2 amide bonds. The second-order valence-corrected chi connectivity index (χ2v) is 7.44. The molecule has 0 fully saturated rings. The Kier molecular flexibility index (Phi) is 7.52. The van der Waals surface area contributed by atoms with Gasteiger partial charge in [0.15, 0.2) is 0 Å². The van der Waals surface area contributed by atoms with Crippen molar-refractivity contribution >= 4 is 11.8 Å². The fourth-order valence-corrected chi connectivity index (χ4v) is 3.25. The van der Waals surface area contributed by atoms with Crippen LogP contribution >= 0.6 is 0 Å². The molecule has 1 atom stereocenters. The lowest BCUT2D eigenvalue weighted by Gasteiger charge is -2.21. The molecule has 34 heavy (non-hydrogen) atoms. The predicted molar refractivity (Wildman–Crippen MR) is 120 cm³/mol. The van der Waals surface area contributed by atoms with Crippen LogP contribution in [0.4, 0.5) is 13.2 Å². The van der Waals surface area contributed by atoms with Gasteiger partial charge in [-0.25, -0.2) is 4.98 Å². The van der Waals surface area contributed by atoms with Gasteiger partial charge in [-0.3, -0.25) is 9.59 Å². The molecule has 0 saturated heterocycles. The minimum Gasteiger partial charge on any atom is -0.457 e. The van der Waals surface area contributed by atoms with E-state index in [1.807, 2.05) is 6.92 Å². The molecule has 0 radical (unpaired) electrons. The summed E-state index contributed by atoms with van der Waals surface area (Å²) in [5.41, 5.74) is 11.1. The molecule has 0 aliphatic heterocycles. The van der Waals surface area contributed by atoms with E-state index in [1.165, 1.54) is 6.07 Å². The van der Waals surface area contributed by atoms with Gasteiger partial charge in [-0.2, -0.15) is 13.2 Å². The quantitative estimate of drug-likeness (QED) is 0.431. The number of amides is 2. The average Bonchev–Trinajstić information content (AvgIpc) is 2.80. The van der Waals surface area contributed by atoms with Crippen LogP contribution in [-0.2, 0) is 11.0 Å². The van der Waals surface area contributed by atoms with Crippen molar-refractivity contribution in [3.05, 3.63) is 77.5 Å². The number of nitrogens with zero attached hydrogens (tertiary/aromatic N) is 1. The molecule has 1 unspecified atom stereocenters. The zero-order chi connectivity index (χ0) is 24.9. The second-order valence-electron chi connectivity index (χ2n) is 7.44. The molecule has 1 aromatic heterocycles. The van der Waals surface area contributed by atoms with Crippen LogP contribution in [0.3, 0.4) is 0 Å². The molecular formula is C24H23F3N4O3. The van der Waals surface area contributed by atoms with E-state index < -0.39 is 29.6 Å². The number of primary amides is 2. The van der Waals surface area contributed by atoms with Crippen molar-refractivity contribution in [1.29, 1.82) is 0 Å². The smallest absolute Gasteiger partial charge is 0.416 e. The number of benzene rings is 2. The lowest BCUT2D eigenvalue weighted by atomic mass is 10.0. The lowest BCUT2D eigenvalue weighted by Crippen LogP contribution is -2.34. The number of hydrogen-bond donors (Lipinski definition) is 3. The molecule has 0 spiro atoms. The van der Waals surface area contributed by atoms with Crippen molar-refractivity contribution in [2.45, 2.75) is 25.6 Å². The lowest BCUT2D eigenvalue weighted by molar-refractivity contribution is -0.137. The summed E-state index contributed by atoms with van der Waals surface area (Å²) in [5, 5.41) is 2.87. The highest BCUT2D eigenvalue weighted by atomic mass is 19.4. The van der Waals surface area contributed by atoms with Crippen LogP contribution in [0.25, 0.3) is 11.3 Å². The third-order valence-corrected chi connectivity index (χ3v) is 4.91. The first-order chi connectivity index (χ1) is 16.1. The number of nitrogens with two attached hydrogens (primary N) is 2. The number of aromatic nitrogens is 1. The van der Waals surface area contributed by atoms with Gasteiger partial charge in [-0.05, 0) is 67.6 Å². The third-order valence-electron chi connectivity index (χ3n) is 4.91. The van der Waals surface area contributed by atoms with E-state index >= 15 is 0 Å². The molecule has 7 nitrogen and oxygen atoms in total. The number of carbonyl (C=O) groups is 2. The van der Waals surface area contributed by atoms with Crippen molar-refractivity contribution < 1.29 is 27.5 Å². The molecule has 3 rings (SSSR count). The molecule has 0 aliphatic rings. The van der Waals surface area contributed by atoms with Crippen LogP contribution in [0.5, 0.6) is 11.5 Å². The first-order valence-electron chi connectivity index (χ1n) is 10.4. The Morgan fingerprint density at radius 1 is 1.06 bits per heavy atom. The zero-order valence-electron chi connectivity index (χ0n) is 18.2. The number of alkyl halides is 3. The van der Waals surface area contributed by atoms with Gasteiger partial charge in [0, 0.05) is 11.1 Å². The summed E-state index contributed by atoms with van der Waals surface area (Å²) in [6.45, 7) is 2.22. The molecule has 3 aromatic rings. The Labute approximate surface area is 193 Å². The third kappa shape index (κ3) is 5.90. The van der Waals surface area contributed by atoms with Gasteiger partial charge in [-0.15, -0.1) is 0 Å². The summed E-state index contributed by atoms with van der Waals surface area (Å²) < 4.78 is 45.8. The maximum atomic E-state index is 13.3. The van der Waals surface area contributed by atoms with Crippen LogP contribution in [0, 0.1) is 0 Å². The molecule has 0 saturated carbocycles. The van der Waals surface area contributed by atoms with E-state index in [2.05, 4.69) is 10.3 Å². The minimum absolute atomic E-state index is 0.0179. The molecule has 178 valence electrons. The standard InChI is InChI=1S/C24H23F3N4O3/c1-2-12-30-21(23(29)33)17-13-15(24(25,26)27)8-11-20(17)34-16-9-6-14(7-10-16)18-4-3-5-19(31-18)22(28)32/h3-11,13,21,30H,2,12H2,1H3,(H2,28,32)(H2,29,33). The minimum atomic E-state index is -4.60. The van der Waals surface area contributed by atoms with E-state index in [0.29, 0.717) is 30.0 Å². The van der Waals surface area contributed by atoms with Crippen molar-refractivity contribution in [2.24, 2.45) is 11.5 Å². The Hall–Kier alpha value is -3.92. The summed E-state index contributed by atoms with van der Waals surface area (Å²) in [4.78, 5) is 27.6. The Bertz CT molecular complexity index is 1180. The van der Waals surface area contributed by atoms with E-state index in [4.69, 9.17) is 16.2 Å². The summed E-state index contributed by atoms with van der Waals surface area (Å²) in [6.07, 6.45) is -3.96. The summed E-state index contributed by atoms with van der Waals surface area (Å²) in [5.74, 6) is -1.11. The van der Waals surface area contributed by atoms with E-state index in [9.17, 15) is 22.8 Å². The van der Waals surface area contributed by atoms with Crippen LogP contribution in [0.1, 0.15) is 41.0 Å². The van der Waals surface area contributed by atoms with Gasteiger partial charge in [0.1, 0.15) is 23.2 Å². The number of pyridine rings is 1. The van der Waals surface area contributed by atoms with Crippen molar-refractivity contribution in [1.82, 2.24) is 10.3 Å². The molecule has 2 aromatic carbocycles. The molecule has 1 heterocycles. The highest BCUT2D eigenvalue weighted by Gasteiger charge is 2.33. The highest BCUT2D eigenvalue weighted by molar-refractivity contribution is 5.91. The van der Waals surface area contributed by atoms with Crippen LogP contribution < -0.4 is 21.5 Å². The number of nitrogens with one attached hydrogen (secondary N) is 1. The zero-order valence-corrected chi connectivity index (χ0v) is 18.2. The first-order valence-corrected chi connectivity index (χ1v) is 10.4. The van der Waals surface area contributed by atoms with Crippen molar-refractivity contribution in [3.8, 4) is 22.8 Å². The highest BCUT2D eigenvalue weighted by Crippen LogP contribution is 2.37. The Morgan fingerprint density at radius 2 is 1.76 bits per heavy atom. The summed E-state index contributed by atoms with van der Waals surface area (Å²) in [7, 11) is 0. The number of carbonyl (C=O) groups excluding carboxylic acids is 2. The van der Waals surface area contributed by atoms with Gasteiger partial charge in [0.25, 0.3) is 5.91 Å². The van der Waals surface area contributed by atoms with Crippen molar-refractivity contribution in [3.63, 3.8) is 0 Å². The average molecular weight is 472 g/mol. The number of rotatable bonds is 9. The second kappa shape index (κ2) is 10.3. The molecule has 0 aliphatic carbocycles. The predicted octanol–water partition coefficient (Wildman–Crippen LogP) is 4.18. The molecule has 5 N–H and O–H groups in total. The van der Waals surface area contributed by atoms with Gasteiger partial charge in [0.05, 0.1) is 11.3 Å². The van der Waals surface area contributed by atoms with Crippen LogP contribution in [-0.4, -0.2) is 23.3 Å². The maximum Gasteiger partial charge on any atom is 0.416 e. The molecular weight excluding hydrogens is 449 g/mol. The number of halogens is 3. The van der Waals surface area contributed by atoms with E-state index in [1.54, 1.807) is 36.4 Å². The summed E-state index contributed by atoms with van der Waals surface area (Å²) >= 11 is 0. The van der Waals surface area contributed by atoms with Gasteiger partial charge in [0.2, 0.25) is 5.91 Å². The van der Waals surface area contributed by atoms with Gasteiger partial charge >= 0.3 is 6.18 Å². The van der Waals surface area contributed by atoms with Crippen LogP contribution in [0.15, 0.2) is 60.7 Å². The Balaban J connectivity index is 1.94. The van der Waals surface area contributed by atoms with Crippen molar-refractivity contribution in [2.75, 3.05) is 6.54 Å². The van der Waals surface area contributed by atoms with E-state index in [0.717, 1.165) is 18.2 Å². The SMILES string of the molecule is CCCNC(C(N)=O)c1cc(C(F)(F)F)ccc1Oc1ccc(-c2cccc(C(N)=O)n2)cc1. The summed E-state index contributed by atoms with van der Waals surface area (Å²) in [6, 6.07) is 13.1. The van der Waals surface area contributed by atoms with Crippen LogP contribution in [0.2, 0.25) is 0 Å².